The number of likely N-dealkylation sites (tertiary alicyclic amines) is 1. The second-order valence-electron chi connectivity index (χ2n) is 6.89. The first-order valence-electron chi connectivity index (χ1n) is 9.14. The number of carbonyl (C=O) groups excluding carboxylic acids is 3. The van der Waals surface area contributed by atoms with Crippen molar-refractivity contribution in [2.24, 2.45) is 11.8 Å². The number of hydrogen-bond donors (Lipinski definition) is 0. The average molecular weight is 364 g/mol. The van der Waals surface area contributed by atoms with E-state index < -0.39 is 5.97 Å². The summed E-state index contributed by atoms with van der Waals surface area (Å²) in [5, 5.41) is 1.02. The Kier molecular flexibility index (Phi) is 4.71. The highest BCUT2D eigenvalue weighted by atomic mass is 16.5. The Hall–Kier alpha value is -3.02. The number of allylic oxidation sites excluding steroid dienone is 2. The molecule has 6 nitrogen and oxygen atoms in total. The lowest BCUT2D eigenvalue weighted by Crippen LogP contribution is -2.33. The van der Waals surface area contributed by atoms with Gasteiger partial charge in [-0.15, -0.1) is 0 Å². The number of aromatic nitrogens is 1. The quantitative estimate of drug-likeness (QED) is 0.463. The molecule has 1 saturated heterocycles. The Labute approximate surface area is 156 Å². The van der Waals surface area contributed by atoms with Crippen molar-refractivity contribution in [3.05, 3.63) is 54.2 Å². The molecule has 1 aliphatic carbocycles. The van der Waals surface area contributed by atoms with Gasteiger partial charge in [-0.3, -0.25) is 19.3 Å². The van der Waals surface area contributed by atoms with Gasteiger partial charge in [0.2, 0.25) is 11.8 Å². The fraction of sp³-hybridized carbons (Fsp3) is 0.333. The predicted octanol–water partition coefficient (Wildman–Crippen LogP) is 2.62. The van der Waals surface area contributed by atoms with Crippen LogP contribution in [-0.2, 0) is 25.7 Å². The SMILES string of the molecule is O=C(CCN1C(=O)[C@H]2CC=CC[C@H]2C1=O)OCc1ccc2ccccc2n1. The van der Waals surface area contributed by atoms with Crippen LogP contribution in [0.4, 0.5) is 0 Å². The number of hydrogen-bond acceptors (Lipinski definition) is 5. The number of esters is 1. The maximum Gasteiger partial charge on any atom is 0.307 e. The molecule has 2 atom stereocenters. The third-order valence-corrected chi connectivity index (χ3v) is 5.18. The zero-order chi connectivity index (χ0) is 18.8. The largest absolute Gasteiger partial charge is 0.459 e. The number of imide groups is 1. The normalized spacial score (nSPS) is 21.6. The smallest absolute Gasteiger partial charge is 0.307 e. The predicted molar refractivity (Wildman–Crippen MR) is 98.2 cm³/mol. The van der Waals surface area contributed by atoms with Crippen molar-refractivity contribution < 1.29 is 19.1 Å². The minimum atomic E-state index is -0.446. The Bertz CT molecular complexity index is 911. The van der Waals surface area contributed by atoms with Crippen LogP contribution in [0.3, 0.4) is 0 Å². The fourth-order valence-corrected chi connectivity index (χ4v) is 3.71. The van der Waals surface area contributed by atoms with Crippen molar-refractivity contribution in [2.75, 3.05) is 6.54 Å². The van der Waals surface area contributed by atoms with E-state index in [0.717, 1.165) is 10.9 Å². The van der Waals surface area contributed by atoms with Gasteiger partial charge in [0.05, 0.1) is 29.5 Å². The van der Waals surface area contributed by atoms with Crippen LogP contribution >= 0.6 is 0 Å². The summed E-state index contributed by atoms with van der Waals surface area (Å²) in [5.41, 5.74) is 1.50. The number of carbonyl (C=O) groups is 3. The van der Waals surface area contributed by atoms with Crippen LogP contribution in [0.5, 0.6) is 0 Å². The third kappa shape index (κ3) is 3.47. The summed E-state index contributed by atoms with van der Waals surface area (Å²) in [5.74, 6) is -1.31. The van der Waals surface area contributed by atoms with E-state index >= 15 is 0 Å². The van der Waals surface area contributed by atoms with Crippen molar-refractivity contribution in [2.45, 2.75) is 25.9 Å². The second-order valence-corrected chi connectivity index (χ2v) is 6.89. The number of nitrogens with zero attached hydrogens (tertiary/aromatic N) is 2. The second kappa shape index (κ2) is 7.31. The topological polar surface area (TPSA) is 76.6 Å². The van der Waals surface area contributed by atoms with Crippen molar-refractivity contribution in [3.8, 4) is 0 Å². The molecular weight excluding hydrogens is 344 g/mol. The van der Waals surface area contributed by atoms with Gasteiger partial charge in [-0.1, -0.05) is 36.4 Å². The van der Waals surface area contributed by atoms with Gasteiger partial charge in [0.1, 0.15) is 6.61 Å². The number of amides is 2. The van der Waals surface area contributed by atoms with Crippen LogP contribution in [0, 0.1) is 11.8 Å². The lowest BCUT2D eigenvalue weighted by Gasteiger charge is -2.14. The molecule has 1 fully saturated rings. The van der Waals surface area contributed by atoms with Gasteiger partial charge >= 0.3 is 5.97 Å². The molecule has 0 radical (unpaired) electrons. The number of fused-ring (bicyclic) bond motifs is 2. The Morgan fingerprint density at radius 1 is 1.04 bits per heavy atom. The Morgan fingerprint density at radius 2 is 1.74 bits per heavy atom. The number of rotatable bonds is 5. The summed E-state index contributed by atoms with van der Waals surface area (Å²) >= 11 is 0. The minimum absolute atomic E-state index is 0.00205. The molecule has 1 aromatic carbocycles. The first-order chi connectivity index (χ1) is 13.1. The molecule has 0 saturated carbocycles. The highest BCUT2D eigenvalue weighted by Gasteiger charge is 2.46. The van der Waals surface area contributed by atoms with E-state index in [9.17, 15) is 14.4 Å². The molecule has 4 rings (SSSR count). The molecule has 2 aromatic rings. The van der Waals surface area contributed by atoms with Crippen molar-refractivity contribution in [1.82, 2.24) is 9.88 Å². The molecule has 27 heavy (non-hydrogen) atoms. The summed E-state index contributed by atoms with van der Waals surface area (Å²) in [6.45, 7) is 0.148. The van der Waals surface area contributed by atoms with E-state index in [-0.39, 0.29) is 43.2 Å². The number of para-hydroxylation sites is 1. The number of ether oxygens (including phenoxy) is 1. The third-order valence-electron chi connectivity index (χ3n) is 5.18. The van der Waals surface area contributed by atoms with Gasteiger partial charge in [-0.2, -0.15) is 0 Å². The van der Waals surface area contributed by atoms with Gasteiger partial charge in [0, 0.05) is 11.9 Å². The fourth-order valence-electron chi connectivity index (χ4n) is 3.71. The Balaban J connectivity index is 1.30. The summed E-state index contributed by atoms with van der Waals surface area (Å²) in [6, 6.07) is 11.5. The molecule has 0 unspecified atom stereocenters. The summed E-state index contributed by atoms with van der Waals surface area (Å²) < 4.78 is 5.26. The molecule has 0 N–H and O–H groups in total. The molecule has 2 amide bonds. The van der Waals surface area contributed by atoms with Crippen LogP contribution in [0.2, 0.25) is 0 Å². The zero-order valence-corrected chi connectivity index (χ0v) is 14.8. The Morgan fingerprint density at radius 3 is 2.48 bits per heavy atom. The molecule has 0 bridgehead atoms. The number of benzene rings is 1. The van der Waals surface area contributed by atoms with Gasteiger partial charge in [-0.25, -0.2) is 4.98 Å². The van der Waals surface area contributed by atoms with E-state index in [4.69, 9.17) is 4.74 Å². The molecule has 2 aliphatic rings. The molecule has 1 aromatic heterocycles. The molecule has 6 heteroatoms. The standard InChI is InChI=1S/C21H20N2O4/c24-19(27-13-15-10-9-14-5-1-4-8-18(14)22-15)11-12-23-20(25)16-6-2-3-7-17(16)21(23)26/h1-5,8-10,16-17H,6-7,11-13H2/t16-,17+. The van der Waals surface area contributed by atoms with E-state index in [0.29, 0.717) is 18.5 Å². The average Bonchev–Trinajstić information content (AvgIpc) is 2.95. The molecule has 2 heterocycles. The van der Waals surface area contributed by atoms with E-state index in [2.05, 4.69) is 4.98 Å². The summed E-state index contributed by atoms with van der Waals surface area (Å²) in [7, 11) is 0. The lowest BCUT2D eigenvalue weighted by molar-refractivity contribution is -0.146. The maximum absolute atomic E-state index is 12.4. The first-order valence-corrected chi connectivity index (χ1v) is 9.14. The molecular formula is C21H20N2O4. The van der Waals surface area contributed by atoms with Crippen molar-refractivity contribution in [3.63, 3.8) is 0 Å². The molecule has 0 spiro atoms. The highest BCUT2D eigenvalue weighted by molar-refractivity contribution is 6.05. The van der Waals surface area contributed by atoms with Crippen LogP contribution < -0.4 is 0 Å². The lowest BCUT2D eigenvalue weighted by atomic mass is 9.85. The van der Waals surface area contributed by atoms with Gasteiger partial charge in [-0.05, 0) is 25.0 Å². The van der Waals surface area contributed by atoms with Crippen LogP contribution in [-0.4, -0.2) is 34.2 Å². The van der Waals surface area contributed by atoms with Gasteiger partial charge in [0.15, 0.2) is 0 Å². The monoisotopic (exact) mass is 364 g/mol. The number of pyridine rings is 1. The zero-order valence-electron chi connectivity index (χ0n) is 14.8. The molecule has 138 valence electrons. The highest BCUT2D eigenvalue weighted by Crippen LogP contribution is 2.35. The van der Waals surface area contributed by atoms with E-state index in [1.54, 1.807) is 0 Å². The van der Waals surface area contributed by atoms with Gasteiger partial charge < -0.3 is 4.74 Å². The maximum atomic E-state index is 12.4. The molecule has 1 aliphatic heterocycles. The minimum Gasteiger partial charge on any atom is -0.459 e. The van der Waals surface area contributed by atoms with Crippen LogP contribution in [0.15, 0.2) is 48.6 Å². The van der Waals surface area contributed by atoms with E-state index in [1.165, 1.54) is 4.90 Å². The van der Waals surface area contributed by atoms with Crippen LogP contribution in [0.25, 0.3) is 10.9 Å². The van der Waals surface area contributed by atoms with E-state index in [1.807, 2.05) is 48.6 Å². The first kappa shape index (κ1) is 17.4. The van der Waals surface area contributed by atoms with Gasteiger partial charge in [0.25, 0.3) is 0 Å². The summed E-state index contributed by atoms with van der Waals surface area (Å²) in [4.78, 5) is 42.5. The van der Waals surface area contributed by atoms with Crippen molar-refractivity contribution >= 4 is 28.7 Å². The summed E-state index contributed by atoms with van der Waals surface area (Å²) in [6.07, 6.45) is 5.09. The van der Waals surface area contributed by atoms with Crippen LogP contribution in [0.1, 0.15) is 25.0 Å². The van der Waals surface area contributed by atoms with Crippen molar-refractivity contribution in [1.29, 1.82) is 0 Å².